The monoisotopic (exact) mass is 394 g/mol. The Labute approximate surface area is 174 Å². The number of aryl methyl sites for hydroxylation is 1. The van der Waals surface area contributed by atoms with Gasteiger partial charge in [-0.1, -0.05) is 25.1 Å². The van der Waals surface area contributed by atoms with E-state index in [0.29, 0.717) is 18.5 Å². The van der Waals surface area contributed by atoms with Gasteiger partial charge >= 0.3 is 0 Å². The van der Waals surface area contributed by atoms with Crippen molar-refractivity contribution >= 4 is 11.6 Å². The molecular weight excluding hydrogens is 360 g/mol. The number of aromatic nitrogens is 2. The van der Waals surface area contributed by atoms with E-state index in [1.54, 1.807) is 0 Å². The maximum atomic E-state index is 12.8. The number of anilines is 1. The van der Waals surface area contributed by atoms with Gasteiger partial charge in [-0.05, 0) is 70.4 Å². The van der Waals surface area contributed by atoms with Crippen LogP contribution in [0, 0.1) is 19.8 Å². The van der Waals surface area contributed by atoms with Gasteiger partial charge in [-0.2, -0.15) is 5.10 Å². The molecule has 1 heterocycles. The third-order valence-electron chi connectivity index (χ3n) is 6.62. The average Bonchev–Trinajstić information content (AvgIpc) is 3.52. The van der Waals surface area contributed by atoms with Crippen LogP contribution in [0.25, 0.3) is 5.69 Å². The third kappa shape index (κ3) is 4.72. The van der Waals surface area contributed by atoms with E-state index in [1.807, 2.05) is 48.9 Å². The molecule has 5 nitrogen and oxygen atoms in total. The molecule has 0 bridgehead atoms. The van der Waals surface area contributed by atoms with Crippen molar-refractivity contribution in [2.75, 3.05) is 11.9 Å². The topological polar surface area (TPSA) is 50.2 Å². The second kappa shape index (κ2) is 8.70. The van der Waals surface area contributed by atoms with Gasteiger partial charge in [0.05, 0.1) is 22.8 Å². The van der Waals surface area contributed by atoms with Gasteiger partial charge in [0.25, 0.3) is 0 Å². The van der Waals surface area contributed by atoms with Crippen LogP contribution in [0.15, 0.2) is 30.3 Å². The van der Waals surface area contributed by atoms with Crippen LogP contribution >= 0.6 is 0 Å². The zero-order valence-electron chi connectivity index (χ0n) is 18.0. The second-order valence-electron chi connectivity index (χ2n) is 8.97. The van der Waals surface area contributed by atoms with E-state index in [0.717, 1.165) is 35.2 Å². The van der Waals surface area contributed by atoms with Gasteiger partial charge in [0.2, 0.25) is 5.91 Å². The predicted molar refractivity (Wildman–Crippen MR) is 117 cm³/mol. The highest BCUT2D eigenvalue weighted by molar-refractivity contribution is 5.92. The maximum Gasteiger partial charge on any atom is 0.225 e. The van der Waals surface area contributed by atoms with Crippen molar-refractivity contribution < 1.29 is 4.79 Å². The zero-order valence-corrected chi connectivity index (χ0v) is 18.0. The summed E-state index contributed by atoms with van der Waals surface area (Å²) in [6, 6.07) is 11.5. The molecule has 2 saturated carbocycles. The van der Waals surface area contributed by atoms with Crippen molar-refractivity contribution in [3.63, 3.8) is 0 Å². The largest absolute Gasteiger partial charge is 0.323 e. The molecule has 2 fully saturated rings. The average molecular weight is 395 g/mol. The summed E-state index contributed by atoms with van der Waals surface area (Å²) in [6.07, 6.45) is 8.40. The molecule has 1 aromatic heterocycles. The lowest BCUT2D eigenvalue weighted by Gasteiger charge is -2.36. The van der Waals surface area contributed by atoms with E-state index in [4.69, 9.17) is 0 Å². The summed E-state index contributed by atoms with van der Waals surface area (Å²) in [5, 5.41) is 7.78. The van der Waals surface area contributed by atoms with E-state index in [1.165, 1.54) is 38.5 Å². The highest BCUT2D eigenvalue weighted by Gasteiger charge is 2.35. The van der Waals surface area contributed by atoms with Crippen LogP contribution < -0.4 is 5.32 Å². The fraction of sp³-hybridized carbons (Fsp3) is 0.583. The van der Waals surface area contributed by atoms with Crippen molar-refractivity contribution in [2.24, 2.45) is 5.92 Å². The standard InChI is InChI=1S/C24H34N4O/c1-17-9-11-20(12-10-17)27(21-13-14-21)16-15-23(29)25-24-18(2)26-28(19(24)3)22-7-5-4-6-8-22/h4-8,17,20-21H,9-16H2,1-3H3,(H,25,29). The number of carbonyl (C=O) groups is 1. The fourth-order valence-electron chi connectivity index (χ4n) is 4.72. The van der Waals surface area contributed by atoms with E-state index < -0.39 is 0 Å². The number of benzene rings is 1. The van der Waals surface area contributed by atoms with Crippen LogP contribution in [0.1, 0.15) is 63.3 Å². The summed E-state index contributed by atoms with van der Waals surface area (Å²) in [7, 11) is 0. The van der Waals surface area contributed by atoms with Crippen LogP contribution in [-0.4, -0.2) is 39.2 Å². The van der Waals surface area contributed by atoms with Crippen LogP contribution in [0.5, 0.6) is 0 Å². The van der Waals surface area contributed by atoms with E-state index in [9.17, 15) is 4.79 Å². The zero-order chi connectivity index (χ0) is 20.4. The first-order valence-electron chi connectivity index (χ1n) is 11.2. The molecule has 4 rings (SSSR count). The molecule has 1 N–H and O–H groups in total. The molecule has 1 amide bonds. The Bertz CT molecular complexity index is 832. The van der Waals surface area contributed by atoms with Gasteiger partial charge in [-0.15, -0.1) is 0 Å². The summed E-state index contributed by atoms with van der Waals surface area (Å²) in [5.74, 6) is 0.960. The summed E-state index contributed by atoms with van der Waals surface area (Å²) in [5.41, 5.74) is 3.70. The van der Waals surface area contributed by atoms with Crippen molar-refractivity contribution in [3.05, 3.63) is 41.7 Å². The van der Waals surface area contributed by atoms with Gasteiger partial charge in [0.1, 0.15) is 0 Å². The first-order valence-corrected chi connectivity index (χ1v) is 11.2. The molecule has 29 heavy (non-hydrogen) atoms. The Morgan fingerprint density at radius 3 is 2.31 bits per heavy atom. The van der Waals surface area contributed by atoms with Crippen molar-refractivity contribution in [3.8, 4) is 5.69 Å². The minimum absolute atomic E-state index is 0.0960. The number of hydrogen-bond acceptors (Lipinski definition) is 3. The summed E-state index contributed by atoms with van der Waals surface area (Å²) < 4.78 is 1.91. The SMILES string of the molecule is Cc1nn(-c2ccccc2)c(C)c1NC(=O)CCN(C1CCC(C)CC1)C1CC1. The Morgan fingerprint density at radius 1 is 1.07 bits per heavy atom. The first kappa shape index (κ1) is 20.1. The molecule has 5 heteroatoms. The molecule has 0 radical (unpaired) electrons. The van der Waals surface area contributed by atoms with Crippen molar-refractivity contribution in [1.29, 1.82) is 0 Å². The molecule has 0 unspecified atom stereocenters. The van der Waals surface area contributed by atoms with Crippen LogP contribution in [0.3, 0.4) is 0 Å². The molecule has 156 valence electrons. The summed E-state index contributed by atoms with van der Waals surface area (Å²) >= 11 is 0. The van der Waals surface area contributed by atoms with Gasteiger partial charge in [-0.25, -0.2) is 4.68 Å². The number of para-hydroxylation sites is 1. The third-order valence-corrected chi connectivity index (χ3v) is 6.62. The Hall–Kier alpha value is -2.14. The van der Waals surface area contributed by atoms with Gasteiger partial charge in [0.15, 0.2) is 0 Å². The summed E-state index contributed by atoms with van der Waals surface area (Å²) in [4.78, 5) is 15.4. The van der Waals surface area contributed by atoms with Crippen molar-refractivity contribution in [2.45, 2.75) is 77.8 Å². The number of nitrogens with one attached hydrogen (secondary N) is 1. The van der Waals surface area contributed by atoms with Gasteiger partial charge < -0.3 is 5.32 Å². The Kier molecular flexibility index (Phi) is 6.04. The highest BCUT2D eigenvalue weighted by Crippen LogP contribution is 2.35. The second-order valence-corrected chi connectivity index (χ2v) is 8.97. The molecule has 0 atom stereocenters. The predicted octanol–water partition coefficient (Wildman–Crippen LogP) is 4.86. The molecular formula is C24H34N4O. The normalized spacial score (nSPS) is 22.1. The molecule has 0 aliphatic heterocycles. The lowest BCUT2D eigenvalue weighted by atomic mass is 9.86. The molecule has 0 saturated heterocycles. The Balaban J connectivity index is 1.38. The van der Waals surface area contributed by atoms with Crippen molar-refractivity contribution in [1.82, 2.24) is 14.7 Å². The lowest BCUT2D eigenvalue weighted by molar-refractivity contribution is -0.116. The number of hydrogen-bond donors (Lipinski definition) is 1. The van der Waals surface area contributed by atoms with Crippen LogP contribution in [0.4, 0.5) is 5.69 Å². The van der Waals surface area contributed by atoms with Crippen LogP contribution in [0.2, 0.25) is 0 Å². The van der Waals surface area contributed by atoms with E-state index in [2.05, 4.69) is 22.2 Å². The number of nitrogens with zero attached hydrogens (tertiary/aromatic N) is 3. The maximum absolute atomic E-state index is 12.8. The van der Waals surface area contributed by atoms with E-state index >= 15 is 0 Å². The van der Waals surface area contributed by atoms with Gasteiger partial charge in [-0.3, -0.25) is 9.69 Å². The molecule has 2 aliphatic rings. The van der Waals surface area contributed by atoms with Gasteiger partial charge in [0, 0.05) is 25.0 Å². The number of amides is 1. The summed E-state index contributed by atoms with van der Waals surface area (Å²) in [6.45, 7) is 7.22. The van der Waals surface area contributed by atoms with Crippen LogP contribution in [-0.2, 0) is 4.79 Å². The minimum atomic E-state index is 0.0960. The lowest BCUT2D eigenvalue weighted by Crippen LogP contribution is -2.41. The molecule has 0 spiro atoms. The highest BCUT2D eigenvalue weighted by atomic mass is 16.1. The van der Waals surface area contributed by atoms with E-state index in [-0.39, 0.29) is 5.91 Å². The number of carbonyl (C=O) groups excluding carboxylic acids is 1. The smallest absolute Gasteiger partial charge is 0.225 e. The molecule has 2 aromatic rings. The fourth-order valence-corrected chi connectivity index (χ4v) is 4.72. The molecule has 2 aliphatic carbocycles. The Morgan fingerprint density at radius 2 is 1.69 bits per heavy atom. The minimum Gasteiger partial charge on any atom is -0.323 e. The quantitative estimate of drug-likeness (QED) is 0.729. The first-order chi connectivity index (χ1) is 14.0. The molecule has 1 aromatic carbocycles. The number of rotatable bonds is 7.